The van der Waals surface area contributed by atoms with Crippen LogP contribution in [-0.4, -0.2) is 61.9 Å². The Morgan fingerprint density at radius 1 is 1.28 bits per heavy atom. The van der Waals surface area contributed by atoms with E-state index in [1.54, 1.807) is 0 Å². The van der Waals surface area contributed by atoms with Crippen LogP contribution in [0, 0.1) is 0 Å². The highest BCUT2D eigenvalue weighted by molar-refractivity contribution is 5.77. The molecule has 2 rings (SSSR count). The molecule has 1 amide bonds. The van der Waals surface area contributed by atoms with Crippen LogP contribution in [0.4, 0.5) is 0 Å². The largest absolute Gasteiger partial charge is 0.375 e. The molecule has 5 nitrogen and oxygen atoms in total. The van der Waals surface area contributed by atoms with Crippen molar-refractivity contribution >= 4 is 5.91 Å². The highest BCUT2D eigenvalue weighted by Crippen LogP contribution is 2.21. The first-order valence-corrected chi connectivity index (χ1v) is 6.90. The molecule has 0 aromatic heterocycles. The smallest absolute Gasteiger partial charge is 0.248 e. The Morgan fingerprint density at radius 2 is 1.89 bits per heavy atom. The topological polar surface area (TPSA) is 50.8 Å². The lowest BCUT2D eigenvalue weighted by atomic mass is 10.0. The molecule has 2 heterocycles. The summed E-state index contributed by atoms with van der Waals surface area (Å²) in [5.74, 6) is 0.114. The van der Waals surface area contributed by atoms with E-state index in [-0.39, 0.29) is 30.8 Å². The number of carbonyl (C=O) groups excluding carboxylic acids is 1. The van der Waals surface area contributed by atoms with Crippen LogP contribution in [0.2, 0.25) is 0 Å². The summed E-state index contributed by atoms with van der Waals surface area (Å²) in [4.78, 5) is 13.8. The van der Waals surface area contributed by atoms with E-state index in [1.807, 2.05) is 4.90 Å². The Hall–Kier alpha value is -0.650. The fourth-order valence-corrected chi connectivity index (χ4v) is 2.68. The quantitative estimate of drug-likeness (QED) is 0.793. The number of nitrogens with zero attached hydrogens (tertiary/aromatic N) is 1. The Morgan fingerprint density at radius 3 is 2.50 bits per heavy atom. The molecule has 0 bridgehead atoms. The molecule has 0 aliphatic carbocycles. The third kappa shape index (κ3) is 3.93. The molecular formula is C13H24N2O3. The van der Waals surface area contributed by atoms with Gasteiger partial charge in [0, 0.05) is 26.2 Å². The van der Waals surface area contributed by atoms with Crippen LogP contribution in [0.25, 0.3) is 0 Å². The molecule has 1 N–H and O–H groups in total. The normalized spacial score (nSPS) is 33.4. The van der Waals surface area contributed by atoms with Crippen molar-refractivity contribution < 1.29 is 14.3 Å². The molecule has 2 saturated heterocycles. The van der Waals surface area contributed by atoms with Crippen molar-refractivity contribution in [1.82, 2.24) is 10.2 Å². The Labute approximate surface area is 109 Å². The molecule has 2 unspecified atom stereocenters. The third-order valence-corrected chi connectivity index (χ3v) is 3.57. The molecule has 0 aromatic carbocycles. The number of hydrogen-bond donors (Lipinski definition) is 1. The van der Waals surface area contributed by atoms with E-state index in [1.165, 1.54) is 0 Å². The summed E-state index contributed by atoms with van der Waals surface area (Å²) in [7, 11) is 0. The lowest BCUT2D eigenvalue weighted by molar-refractivity contribution is -0.145. The first-order valence-electron chi connectivity index (χ1n) is 6.90. The Bertz CT molecular complexity index is 269. The standard InChI is InChI=1S/C13H24N2O3/c1-10-7-12(8-11(2)18-10)17-9-13(16)15-5-3-14-4-6-15/h10-12,14H,3-9H2,1-2H3. The molecule has 18 heavy (non-hydrogen) atoms. The number of ether oxygens (including phenoxy) is 2. The minimum Gasteiger partial charge on any atom is -0.375 e. The Balaban J connectivity index is 1.71. The zero-order valence-electron chi connectivity index (χ0n) is 11.4. The van der Waals surface area contributed by atoms with E-state index < -0.39 is 0 Å². The average molecular weight is 256 g/mol. The van der Waals surface area contributed by atoms with Crippen molar-refractivity contribution in [1.29, 1.82) is 0 Å². The van der Waals surface area contributed by atoms with Crippen LogP contribution < -0.4 is 5.32 Å². The zero-order valence-corrected chi connectivity index (χ0v) is 11.4. The van der Waals surface area contributed by atoms with Crippen molar-refractivity contribution in [2.45, 2.75) is 45.0 Å². The second-order valence-corrected chi connectivity index (χ2v) is 5.29. The number of carbonyl (C=O) groups is 1. The summed E-state index contributed by atoms with van der Waals surface area (Å²) in [5, 5.41) is 3.24. The highest BCUT2D eigenvalue weighted by atomic mass is 16.5. The van der Waals surface area contributed by atoms with Gasteiger partial charge in [-0.2, -0.15) is 0 Å². The van der Waals surface area contributed by atoms with Crippen molar-refractivity contribution in [2.24, 2.45) is 0 Å². The molecule has 2 aliphatic rings. The maximum absolute atomic E-state index is 11.9. The molecule has 104 valence electrons. The Kier molecular flexibility index (Phi) is 4.97. The second-order valence-electron chi connectivity index (χ2n) is 5.29. The van der Waals surface area contributed by atoms with Crippen molar-refractivity contribution in [3.8, 4) is 0 Å². The van der Waals surface area contributed by atoms with Gasteiger partial charge in [0.2, 0.25) is 5.91 Å². The van der Waals surface area contributed by atoms with Gasteiger partial charge in [-0.15, -0.1) is 0 Å². The summed E-state index contributed by atoms with van der Waals surface area (Å²) in [5.41, 5.74) is 0. The van der Waals surface area contributed by atoms with Gasteiger partial charge in [0.1, 0.15) is 6.61 Å². The number of amides is 1. The number of nitrogens with one attached hydrogen (secondary N) is 1. The van der Waals surface area contributed by atoms with E-state index in [0.29, 0.717) is 0 Å². The van der Waals surface area contributed by atoms with Gasteiger partial charge in [-0.05, 0) is 26.7 Å². The van der Waals surface area contributed by atoms with Gasteiger partial charge < -0.3 is 19.7 Å². The number of piperazine rings is 1. The molecule has 0 aromatic rings. The van der Waals surface area contributed by atoms with Gasteiger partial charge in [0.15, 0.2) is 0 Å². The second kappa shape index (κ2) is 6.50. The van der Waals surface area contributed by atoms with Gasteiger partial charge in [-0.25, -0.2) is 0 Å². The predicted molar refractivity (Wildman–Crippen MR) is 68.4 cm³/mol. The molecule has 5 heteroatoms. The monoisotopic (exact) mass is 256 g/mol. The zero-order chi connectivity index (χ0) is 13.0. The maximum atomic E-state index is 11.9. The summed E-state index contributed by atoms with van der Waals surface area (Å²) in [6.45, 7) is 7.69. The minimum atomic E-state index is 0.114. The van der Waals surface area contributed by atoms with E-state index in [9.17, 15) is 4.79 Å². The van der Waals surface area contributed by atoms with E-state index >= 15 is 0 Å². The van der Waals surface area contributed by atoms with Gasteiger partial charge in [-0.1, -0.05) is 0 Å². The third-order valence-electron chi connectivity index (χ3n) is 3.57. The van der Waals surface area contributed by atoms with Crippen molar-refractivity contribution in [2.75, 3.05) is 32.8 Å². The van der Waals surface area contributed by atoms with Crippen LogP contribution in [-0.2, 0) is 14.3 Å². The average Bonchev–Trinajstić information content (AvgIpc) is 2.36. The van der Waals surface area contributed by atoms with Gasteiger partial charge in [0.25, 0.3) is 0 Å². The van der Waals surface area contributed by atoms with Gasteiger partial charge >= 0.3 is 0 Å². The number of hydrogen-bond acceptors (Lipinski definition) is 4. The molecule has 0 radical (unpaired) electrons. The molecule has 2 fully saturated rings. The molecule has 2 aliphatic heterocycles. The van der Waals surface area contributed by atoms with Gasteiger partial charge in [-0.3, -0.25) is 4.79 Å². The fraction of sp³-hybridized carbons (Fsp3) is 0.923. The van der Waals surface area contributed by atoms with Crippen LogP contribution in [0.3, 0.4) is 0 Å². The van der Waals surface area contributed by atoms with E-state index in [4.69, 9.17) is 9.47 Å². The van der Waals surface area contributed by atoms with Crippen LogP contribution >= 0.6 is 0 Å². The molecule has 0 saturated carbocycles. The van der Waals surface area contributed by atoms with Crippen LogP contribution in [0.5, 0.6) is 0 Å². The summed E-state index contributed by atoms with van der Waals surface area (Å²) < 4.78 is 11.4. The van der Waals surface area contributed by atoms with Crippen molar-refractivity contribution in [3.63, 3.8) is 0 Å². The van der Waals surface area contributed by atoms with Crippen LogP contribution in [0.15, 0.2) is 0 Å². The lowest BCUT2D eigenvalue weighted by Gasteiger charge is -2.33. The SMILES string of the molecule is CC1CC(OCC(=O)N2CCNCC2)CC(C)O1. The number of rotatable bonds is 3. The molecular weight excluding hydrogens is 232 g/mol. The lowest BCUT2D eigenvalue weighted by Crippen LogP contribution is -2.48. The highest BCUT2D eigenvalue weighted by Gasteiger charge is 2.26. The molecule has 0 spiro atoms. The van der Waals surface area contributed by atoms with Gasteiger partial charge in [0.05, 0.1) is 18.3 Å². The maximum Gasteiger partial charge on any atom is 0.248 e. The summed E-state index contributed by atoms with van der Waals surface area (Å²) in [6.07, 6.45) is 2.40. The summed E-state index contributed by atoms with van der Waals surface area (Å²) >= 11 is 0. The fourth-order valence-electron chi connectivity index (χ4n) is 2.68. The predicted octanol–water partition coefficient (Wildman–Crippen LogP) is 0.391. The summed E-state index contributed by atoms with van der Waals surface area (Å²) in [6, 6.07) is 0. The first kappa shape index (κ1) is 13.8. The van der Waals surface area contributed by atoms with Crippen molar-refractivity contribution in [3.05, 3.63) is 0 Å². The van der Waals surface area contributed by atoms with Crippen LogP contribution in [0.1, 0.15) is 26.7 Å². The van der Waals surface area contributed by atoms with E-state index in [0.717, 1.165) is 39.0 Å². The first-order chi connectivity index (χ1) is 8.65. The van der Waals surface area contributed by atoms with E-state index in [2.05, 4.69) is 19.2 Å². The molecule has 2 atom stereocenters. The minimum absolute atomic E-state index is 0.114.